The van der Waals surface area contributed by atoms with Crippen molar-refractivity contribution in [3.63, 3.8) is 0 Å². The first-order valence-electron chi connectivity index (χ1n) is 6.18. The van der Waals surface area contributed by atoms with Gasteiger partial charge >= 0.3 is 0 Å². The highest BCUT2D eigenvalue weighted by Crippen LogP contribution is 2.72. The first-order chi connectivity index (χ1) is 7.12. The van der Waals surface area contributed by atoms with E-state index in [1.807, 2.05) is 0 Å². The molecule has 0 aromatic heterocycles. The van der Waals surface area contributed by atoms with Crippen molar-refractivity contribution in [3.8, 4) is 0 Å². The molecule has 0 aromatic carbocycles. The van der Waals surface area contributed by atoms with E-state index in [4.69, 9.17) is 14.2 Å². The highest BCUT2D eigenvalue weighted by atomic mass is 16.8. The van der Waals surface area contributed by atoms with Crippen LogP contribution in [0.3, 0.4) is 0 Å². The number of ether oxygens (including phenoxy) is 3. The normalized spacial score (nSPS) is 77.2. The zero-order valence-electron chi connectivity index (χ0n) is 9.10. The van der Waals surface area contributed by atoms with Crippen LogP contribution in [0.2, 0.25) is 0 Å². The quantitative estimate of drug-likeness (QED) is 0.604. The van der Waals surface area contributed by atoms with Crippen molar-refractivity contribution in [1.29, 1.82) is 0 Å². The van der Waals surface area contributed by atoms with E-state index in [-0.39, 0.29) is 11.6 Å². The van der Waals surface area contributed by atoms with Gasteiger partial charge in [-0.05, 0) is 38.5 Å². The molecular formula is C12H16O3. The Morgan fingerprint density at radius 3 is 1.80 bits per heavy atom. The summed E-state index contributed by atoms with van der Waals surface area (Å²) in [5.74, 6) is 1.95. The first-order valence-corrected chi connectivity index (χ1v) is 6.18. The zero-order valence-corrected chi connectivity index (χ0v) is 9.10. The fourth-order valence-electron chi connectivity index (χ4n) is 5.52. The zero-order chi connectivity index (χ0) is 10.00. The fourth-order valence-corrected chi connectivity index (χ4v) is 5.52. The summed E-state index contributed by atoms with van der Waals surface area (Å²) in [6, 6.07) is 0. The average molecular weight is 208 g/mol. The average Bonchev–Trinajstić information content (AvgIpc) is 2.60. The van der Waals surface area contributed by atoms with Crippen LogP contribution in [0.5, 0.6) is 0 Å². The molecule has 1 saturated carbocycles. The molecule has 82 valence electrons. The van der Waals surface area contributed by atoms with Gasteiger partial charge in [0.2, 0.25) is 0 Å². The van der Waals surface area contributed by atoms with Crippen molar-refractivity contribution >= 4 is 0 Å². The van der Waals surface area contributed by atoms with Gasteiger partial charge < -0.3 is 14.2 Å². The molecule has 1 aliphatic carbocycles. The van der Waals surface area contributed by atoms with Gasteiger partial charge in [0.15, 0.2) is 11.6 Å². The molecule has 0 N–H and O–H groups in total. The molecule has 0 amide bonds. The third-order valence-corrected chi connectivity index (χ3v) is 5.67. The predicted octanol–water partition coefficient (Wildman–Crippen LogP) is 1.52. The van der Waals surface area contributed by atoms with E-state index < -0.39 is 0 Å². The maximum atomic E-state index is 6.17. The molecule has 0 radical (unpaired) electrons. The van der Waals surface area contributed by atoms with E-state index in [1.54, 1.807) is 0 Å². The lowest BCUT2D eigenvalue weighted by Crippen LogP contribution is -2.49. The summed E-state index contributed by atoms with van der Waals surface area (Å²) in [5, 5.41) is 0. The van der Waals surface area contributed by atoms with Crippen molar-refractivity contribution in [2.24, 2.45) is 23.7 Å². The third-order valence-electron chi connectivity index (χ3n) is 5.67. The molecule has 0 spiro atoms. The van der Waals surface area contributed by atoms with Crippen LogP contribution >= 0.6 is 0 Å². The molecule has 0 bridgehead atoms. The summed E-state index contributed by atoms with van der Waals surface area (Å²) in [6.45, 7) is 4.25. The van der Waals surface area contributed by atoms with Gasteiger partial charge in [0.25, 0.3) is 0 Å². The Kier molecular flexibility index (Phi) is 1.01. The molecule has 0 unspecified atom stereocenters. The van der Waals surface area contributed by atoms with Crippen molar-refractivity contribution in [2.45, 2.75) is 50.5 Å². The SMILES string of the molecule is C[C@]12O[C@H]3[C@@H]4CC[C@@H]5[C@H]3O[C@](C)(O1)[C@@H]5[C@@H]42. The Morgan fingerprint density at radius 1 is 0.867 bits per heavy atom. The number of fused-ring (bicyclic) bond motifs is 8. The molecule has 4 fully saturated rings. The second-order valence-electron chi connectivity index (χ2n) is 6.26. The van der Waals surface area contributed by atoms with Crippen LogP contribution < -0.4 is 0 Å². The van der Waals surface area contributed by atoms with Gasteiger partial charge in [-0.1, -0.05) is 0 Å². The van der Waals surface area contributed by atoms with Gasteiger partial charge in [-0.15, -0.1) is 0 Å². The standard InChI is InChI=1S/C12H16O3/c1-11-7-5-3-4-6-8(7)12(2,15-11)14-10(6)9(5)13-11/h5-10H,3-4H2,1-2H3/t5-,6+,7-,8+,9+,10-,11+,12-. The third kappa shape index (κ3) is 0.605. The minimum absolute atomic E-state index is 0.333. The molecule has 0 aromatic rings. The van der Waals surface area contributed by atoms with E-state index in [0.29, 0.717) is 35.9 Å². The second kappa shape index (κ2) is 1.89. The lowest BCUT2D eigenvalue weighted by Gasteiger charge is -2.43. The number of hydrogen-bond acceptors (Lipinski definition) is 3. The second-order valence-corrected chi connectivity index (χ2v) is 6.26. The summed E-state index contributed by atoms with van der Waals surface area (Å²) < 4.78 is 18.5. The largest absolute Gasteiger partial charge is 0.344 e. The van der Waals surface area contributed by atoms with Crippen LogP contribution in [0.25, 0.3) is 0 Å². The number of hydrogen-bond donors (Lipinski definition) is 0. The Labute approximate surface area is 89.1 Å². The van der Waals surface area contributed by atoms with Gasteiger partial charge in [-0.2, -0.15) is 0 Å². The van der Waals surface area contributed by atoms with Crippen LogP contribution in [-0.2, 0) is 14.2 Å². The Balaban J connectivity index is 1.83. The summed E-state index contributed by atoms with van der Waals surface area (Å²) in [7, 11) is 0. The maximum Gasteiger partial charge on any atom is 0.173 e. The van der Waals surface area contributed by atoms with Crippen molar-refractivity contribution in [3.05, 3.63) is 0 Å². The number of rotatable bonds is 0. The molecular weight excluding hydrogens is 192 g/mol. The van der Waals surface area contributed by atoms with E-state index in [2.05, 4.69) is 13.8 Å². The van der Waals surface area contributed by atoms with Crippen molar-refractivity contribution in [2.75, 3.05) is 0 Å². The maximum absolute atomic E-state index is 6.17. The summed E-state index contributed by atoms with van der Waals surface area (Å²) in [5.41, 5.74) is 0. The van der Waals surface area contributed by atoms with Gasteiger partial charge in [0.1, 0.15) is 0 Å². The van der Waals surface area contributed by atoms with Crippen LogP contribution in [0, 0.1) is 23.7 Å². The molecule has 4 aliphatic rings. The minimum Gasteiger partial charge on any atom is -0.344 e. The highest BCUT2D eigenvalue weighted by molar-refractivity contribution is 5.21. The molecule has 3 aliphatic heterocycles. The molecule has 3 heteroatoms. The summed E-state index contributed by atoms with van der Waals surface area (Å²) in [4.78, 5) is 0. The van der Waals surface area contributed by atoms with E-state index in [0.717, 1.165) is 0 Å². The van der Waals surface area contributed by atoms with Crippen LogP contribution in [-0.4, -0.2) is 23.8 Å². The van der Waals surface area contributed by atoms with E-state index in [9.17, 15) is 0 Å². The lowest BCUT2D eigenvalue weighted by atomic mass is 9.57. The summed E-state index contributed by atoms with van der Waals surface area (Å²) >= 11 is 0. The molecule has 4 rings (SSSR count). The van der Waals surface area contributed by atoms with Gasteiger partial charge in [-0.3, -0.25) is 0 Å². The van der Waals surface area contributed by atoms with E-state index in [1.165, 1.54) is 12.8 Å². The van der Waals surface area contributed by atoms with Gasteiger partial charge in [0, 0.05) is 11.8 Å². The monoisotopic (exact) mass is 208 g/mol. The van der Waals surface area contributed by atoms with Gasteiger partial charge in [0.05, 0.1) is 12.2 Å². The Hall–Kier alpha value is -0.120. The smallest absolute Gasteiger partial charge is 0.173 e. The molecule has 3 nitrogen and oxygen atoms in total. The van der Waals surface area contributed by atoms with Gasteiger partial charge in [-0.25, -0.2) is 0 Å². The highest BCUT2D eigenvalue weighted by Gasteiger charge is 2.80. The minimum atomic E-state index is -0.335. The van der Waals surface area contributed by atoms with Crippen molar-refractivity contribution < 1.29 is 14.2 Å². The lowest BCUT2D eigenvalue weighted by molar-refractivity contribution is -0.272. The Morgan fingerprint density at radius 2 is 1.33 bits per heavy atom. The molecule has 8 atom stereocenters. The Bertz CT molecular complexity index is 332. The molecule has 3 saturated heterocycles. The van der Waals surface area contributed by atoms with E-state index >= 15 is 0 Å². The molecule has 15 heavy (non-hydrogen) atoms. The summed E-state index contributed by atoms with van der Waals surface area (Å²) in [6.07, 6.45) is 3.32. The predicted molar refractivity (Wildman–Crippen MR) is 50.8 cm³/mol. The first kappa shape index (κ1) is 8.04. The van der Waals surface area contributed by atoms with Crippen LogP contribution in [0.1, 0.15) is 26.7 Å². The van der Waals surface area contributed by atoms with Crippen LogP contribution in [0.4, 0.5) is 0 Å². The van der Waals surface area contributed by atoms with Crippen LogP contribution in [0.15, 0.2) is 0 Å². The molecule has 3 heterocycles. The topological polar surface area (TPSA) is 27.7 Å². The van der Waals surface area contributed by atoms with Crippen molar-refractivity contribution in [1.82, 2.24) is 0 Å². The fraction of sp³-hybridized carbons (Fsp3) is 1.00.